The van der Waals surface area contributed by atoms with E-state index in [-0.39, 0.29) is 17.2 Å². The van der Waals surface area contributed by atoms with Crippen molar-refractivity contribution in [1.29, 1.82) is 0 Å². The van der Waals surface area contributed by atoms with Crippen molar-refractivity contribution >= 4 is 23.2 Å². The molecule has 5 nitrogen and oxygen atoms in total. The number of alkyl halides is 3. The zero-order valence-corrected chi connectivity index (χ0v) is 14.3. The summed E-state index contributed by atoms with van der Waals surface area (Å²) < 4.78 is 38.2. The number of carbonyl (C=O) groups excluding carboxylic acids is 2. The summed E-state index contributed by atoms with van der Waals surface area (Å²) in [6, 6.07) is 13.6. The van der Waals surface area contributed by atoms with Crippen molar-refractivity contribution in [3.05, 3.63) is 89.7 Å². The first-order valence-electron chi connectivity index (χ1n) is 8.13. The van der Waals surface area contributed by atoms with Gasteiger partial charge >= 0.3 is 6.18 Å². The lowest BCUT2D eigenvalue weighted by Gasteiger charge is -2.10. The number of hydrogen-bond donors (Lipinski definition) is 2. The molecule has 8 heteroatoms. The van der Waals surface area contributed by atoms with E-state index in [1.54, 1.807) is 18.3 Å². The second kappa shape index (κ2) is 7.91. The Morgan fingerprint density at radius 1 is 0.786 bits per heavy atom. The maximum atomic E-state index is 12.7. The fraction of sp³-hybridized carbons (Fsp3) is 0.0500. The Morgan fingerprint density at radius 2 is 1.46 bits per heavy atom. The van der Waals surface area contributed by atoms with Crippen LogP contribution < -0.4 is 10.6 Å². The average molecular weight is 385 g/mol. The molecule has 142 valence electrons. The van der Waals surface area contributed by atoms with E-state index in [1.165, 1.54) is 42.6 Å². The molecule has 0 unspecified atom stereocenters. The molecule has 0 aliphatic carbocycles. The van der Waals surface area contributed by atoms with E-state index in [2.05, 4.69) is 15.6 Å². The predicted octanol–water partition coefficient (Wildman–Crippen LogP) is 4.61. The molecule has 0 aliphatic rings. The Hall–Kier alpha value is -3.68. The largest absolute Gasteiger partial charge is 0.416 e. The zero-order valence-electron chi connectivity index (χ0n) is 14.3. The lowest BCUT2D eigenvalue weighted by Crippen LogP contribution is -2.14. The number of benzene rings is 2. The summed E-state index contributed by atoms with van der Waals surface area (Å²) in [5.74, 6) is -0.918. The van der Waals surface area contributed by atoms with E-state index >= 15 is 0 Å². The molecule has 2 aromatic carbocycles. The summed E-state index contributed by atoms with van der Waals surface area (Å²) >= 11 is 0. The molecule has 0 bridgehead atoms. The Morgan fingerprint density at radius 3 is 2.11 bits per heavy atom. The summed E-state index contributed by atoms with van der Waals surface area (Å²) in [7, 11) is 0. The average Bonchev–Trinajstić information content (AvgIpc) is 2.69. The molecule has 0 atom stereocenters. The number of halogens is 3. The van der Waals surface area contributed by atoms with E-state index in [0.717, 1.165) is 12.1 Å². The monoisotopic (exact) mass is 385 g/mol. The molecule has 28 heavy (non-hydrogen) atoms. The lowest BCUT2D eigenvalue weighted by atomic mass is 10.1. The van der Waals surface area contributed by atoms with Gasteiger partial charge in [0, 0.05) is 29.3 Å². The second-order valence-corrected chi connectivity index (χ2v) is 5.81. The minimum Gasteiger partial charge on any atom is -0.322 e. The van der Waals surface area contributed by atoms with Crippen molar-refractivity contribution in [3.63, 3.8) is 0 Å². The van der Waals surface area contributed by atoms with Gasteiger partial charge in [-0.15, -0.1) is 0 Å². The standard InChI is InChI=1S/C20H14F3N3O2/c21-20(22,23)15-4-1-5-17(11-15)26-18(27)13-6-8-16(9-7-13)25-19(28)14-3-2-10-24-12-14/h1-12H,(H,25,28)(H,26,27). The van der Waals surface area contributed by atoms with Crippen molar-refractivity contribution in [3.8, 4) is 0 Å². The van der Waals surface area contributed by atoms with Gasteiger partial charge in [0.1, 0.15) is 0 Å². The third-order valence-electron chi connectivity index (χ3n) is 3.78. The number of carbonyl (C=O) groups is 2. The molecule has 0 radical (unpaired) electrons. The maximum Gasteiger partial charge on any atom is 0.416 e. The zero-order chi connectivity index (χ0) is 20.1. The van der Waals surface area contributed by atoms with E-state index in [9.17, 15) is 22.8 Å². The molecule has 0 saturated carbocycles. The summed E-state index contributed by atoms with van der Waals surface area (Å²) in [5, 5.41) is 5.08. The van der Waals surface area contributed by atoms with Crippen LogP contribution in [-0.2, 0) is 6.18 Å². The van der Waals surface area contributed by atoms with Crippen LogP contribution in [0.4, 0.5) is 24.5 Å². The number of aromatic nitrogens is 1. The highest BCUT2D eigenvalue weighted by Crippen LogP contribution is 2.30. The number of amides is 2. The van der Waals surface area contributed by atoms with Crippen LogP contribution in [-0.4, -0.2) is 16.8 Å². The summed E-state index contributed by atoms with van der Waals surface area (Å²) in [5.41, 5.74) is 0.266. The molecule has 0 saturated heterocycles. The van der Waals surface area contributed by atoms with Gasteiger partial charge in [0.05, 0.1) is 11.1 Å². The molecule has 0 fully saturated rings. The van der Waals surface area contributed by atoms with Crippen molar-refractivity contribution in [1.82, 2.24) is 4.98 Å². The molecule has 3 rings (SSSR count). The summed E-state index contributed by atoms with van der Waals surface area (Å²) in [6.45, 7) is 0. The fourth-order valence-corrected chi connectivity index (χ4v) is 2.38. The van der Waals surface area contributed by atoms with E-state index in [0.29, 0.717) is 11.3 Å². The van der Waals surface area contributed by atoms with Crippen LogP contribution >= 0.6 is 0 Å². The normalized spacial score (nSPS) is 11.0. The molecule has 2 amide bonds. The van der Waals surface area contributed by atoms with Gasteiger partial charge in [0.2, 0.25) is 0 Å². The first kappa shape index (κ1) is 19.1. The van der Waals surface area contributed by atoms with Crippen LogP contribution in [0.25, 0.3) is 0 Å². The highest BCUT2D eigenvalue weighted by Gasteiger charge is 2.30. The van der Waals surface area contributed by atoms with Crippen LogP contribution in [0, 0.1) is 0 Å². The number of nitrogens with one attached hydrogen (secondary N) is 2. The first-order valence-corrected chi connectivity index (χ1v) is 8.13. The molecular weight excluding hydrogens is 371 g/mol. The van der Waals surface area contributed by atoms with Gasteiger partial charge < -0.3 is 10.6 Å². The number of rotatable bonds is 4. The Labute approximate surface area is 158 Å². The van der Waals surface area contributed by atoms with Crippen LogP contribution in [0.15, 0.2) is 73.1 Å². The van der Waals surface area contributed by atoms with Crippen LogP contribution in [0.2, 0.25) is 0 Å². The van der Waals surface area contributed by atoms with Gasteiger partial charge in [0.25, 0.3) is 11.8 Å². The first-order chi connectivity index (χ1) is 13.3. The van der Waals surface area contributed by atoms with E-state index < -0.39 is 17.6 Å². The van der Waals surface area contributed by atoms with Crippen LogP contribution in [0.1, 0.15) is 26.3 Å². The van der Waals surface area contributed by atoms with Crippen molar-refractivity contribution in [2.24, 2.45) is 0 Å². The molecule has 3 aromatic rings. The molecule has 1 aromatic heterocycles. The van der Waals surface area contributed by atoms with Gasteiger partial charge in [-0.25, -0.2) is 0 Å². The highest BCUT2D eigenvalue weighted by molar-refractivity contribution is 6.06. The second-order valence-electron chi connectivity index (χ2n) is 5.81. The third kappa shape index (κ3) is 4.73. The van der Waals surface area contributed by atoms with Gasteiger partial charge in [-0.3, -0.25) is 14.6 Å². The minimum absolute atomic E-state index is 0.0359. The van der Waals surface area contributed by atoms with E-state index in [1.807, 2.05) is 0 Å². The lowest BCUT2D eigenvalue weighted by molar-refractivity contribution is -0.137. The van der Waals surface area contributed by atoms with Crippen molar-refractivity contribution in [2.75, 3.05) is 10.6 Å². The number of anilines is 2. The van der Waals surface area contributed by atoms with Crippen LogP contribution in [0.5, 0.6) is 0 Å². The maximum absolute atomic E-state index is 12.7. The molecule has 1 heterocycles. The number of pyridine rings is 1. The van der Waals surface area contributed by atoms with Crippen molar-refractivity contribution < 1.29 is 22.8 Å². The number of nitrogens with zero attached hydrogens (tertiary/aromatic N) is 1. The predicted molar refractivity (Wildman–Crippen MR) is 98.0 cm³/mol. The summed E-state index contributed by atoms with van der Waals surface area (Å²) in [6.07, 6.45) is -1.52. The van der Waals surface area contributed by atoms with Gasteiger partial charge in [-0.05, 0) is 54.6 Å². The molecule has 2 N–H and O–H groups in total. The molecular formula is C20H14F3N3O2. The van der Waals surface area contributed by atoms with E-state index in [4.69, 9.17) is 0 Å². The SMILES string of the molecule is O=C(Nc1cccc(C(F)(F)F)c1)c1ccc(NC(=O)c2cccnc2)cc1. The van der Waals surface area contributed by atoms with Crippen molar-refractivity contribution in [2.45, 2.75) is 6.18 Å². The summed E-state index contributed by atoms with van der Waals surface area (Å²) in [4.78, 5) is 28.2. The highest BCUT2D eigenvalue weighted by atomic mass is 19.4. The quantitative estimate of drug-likeness (QED) is 0.689. The van der Waals surface area contributed by atoms with Gasteiger partial charge in [-0.1, -0.05) is 6.07 Å². The minimum atomic E-state index is -4.49. The Bertz CT molecular complexity index is 988. The number of hydrogen-bond acceptors (Lipinski definition) is 3. The van der Waals surface area contributed by atoms with Gasteiger partial charge in [-0.2, -0.15) is 13.2 Å². The Kier molecular flexibility index (Phi) is 5.39. The third-order valence-corrected chi connectivity index (χ3v) is 3.78. The smallest absolute Gasteiger partial charge is 0.322 e. The molecule has 0 aliphatic heterocycles. The topological polar surface area (TPSA) is 71.1 Å². The molecule has 0 spiro atoms. The fourth-order valence-electron chi connectivity index (χ4n) is 2.38. The van der Waals surface area contributed by atoms with Gasteiger partial charge in [0.15, 0.2) is 0 Å². The van der Waals surface area contributed by atoms with Crippen LogP contribution in [0.3, 0.4) is 0 Å². The Balaban J connectivity index is 1.66.